The van der Waals surface area contributed by atoms with E-state index >= 15 is 0 Å². The first-order chi connectivity index (χ1) is 10.2. The van der Waals surface area contributed by atoms with Gasteiger partial charge in [0, 0.05) is 24.2 Å². The number of carbonyl (C=O) groups excluding carboxylic acids is 2. The van der Waals surface area contributed by atoms with Crippen LogP contribution in [-0.4, -0.2) is 18.4 Å². The van der Waals surface area contributed by atoms with Crippen molar-refractivity contribution in [1.82, 2.24) is 5.32 Å². The number of fused-ring (bicyclic) bond motifs is 1. The highest BCUT2D eigenvalue weighted by molar-refractivity contribution is 5.97. The molecular formula is C17H20N2O2. The molecule has 21 heavy (non-hydrogen) atoms. The van der Waals surface area contributed by atoms with Gasteiger partial charge in [-0.2, -0.15) is 0 Å². The van der Waals surface area contributed by atoms with Gasteiger partial charge in [-0.1, -0.05) is 0 Å². The minimum atomic E-state index is 0.0154. The van der Waals surface area contributed by atoms with Gasteiger partial charge in [0.15, 0.2) is 0 Å². The lowest BCUT2D eigenvalue weighted by Crippen LogP contribution is -2.31. The van der Waals surface area contributed by atoms with E-state index in [0.717, 1.165) is 23.7 Å². The molecule has 2 saturated carbocycles. The molecular weight excluding hydrogens is 264 g/mol. The van der Waals surface area contributed by atoms with E-state index in [-0.39, 0.29) is 11.8 Å². The number of nitrogens with one attached hydrogen (secondary N) is 2. The molecule has 1 aliphatic heterocycles. The Morgan fingerprint density at radius 1 is 1.29 bits per heavy atom. The first-order valence-electron chi connectivity index (χ1n) is 7.87. The Balaban J connectivity index is 1.43. The van der Waals surface area contributed by atoms with Crippen LogP contribution in [0.5, 0.6) is 0 Å². The number of carbonyl (C=O) groups is 2. The van der Waals surface area contributed by atoms with Crippen LogP contribution in [0.3, 0.4) is 0 Å². The summed E-state index contributed by atoms with van der Waals surface area (Å²) in [6, 6.07) is 5.56. The third kappa shape index (κ3) is 2.43. The van der Waals surface area contributed by atoms with Crippen LogP contribution in [0.15, 0.2) is 18.2 Å². The maximum atomic E-state index is 12.3. The molecule has 0 spiro atoms. The van der Waals surface area contributed by atoms with Gasteiger partial charge in [-0.3, -0.25) is 9.59 Å². The zero-order valence-corrected chi connectivity index (χ0v) is 12.1. The van der Waals surface area contributed by atoms with E-state index in [1.54, 1.807) is 6.07 Å². The Bertz CT molecular complexity index is 615. The number of aryl methyl sites for hydroxylation is 1. The van der Waals surface area contributed by atoms with Crippen molar-refractivity contribution in [3.8, 4) is 0 Å². The maximum absolute atomic E-state index is 12.3. The van der Waals surface area contributed by atoms with E-state index in [9.17, 15) is 9.59 Å². The van der Waals surface area contributed by atoms with Crippen molar-refractivity contribution < 1.29 is 9.59 Å². The van der Waals surface area contributed by atoms with E-state index in [1.807, 2.05) is 12.1 Å². The second-order valence-corrected chi connectivity index (χ2v) is 6.74. The summed E-state index contributed by atoms with van der Waals surface area (Å²) < 4.78 is 0. The van der Waals surface area contributed by atoms with Crippen LogP contribution in [0.25, 0.3) is 0 Å². The van der Waals surface area contributed by atoms with Gasteiger partial charge in [0.1, 0.15) is 0 Å². The van der Waals surface area contributed by atoms with Gasteiger partial charge in [-0.05, 0) is 67.2 Å². The number of hydrogen-bond donors (Lipinski definition) is 2. The fraction of sp³-hybridized carbons (Fsp3) is 0.529. The fourth-order valence-corrected chi connectivity index (χ4v) is 3.47. The van der Waals surface area contributed by atoms with Crippen LogP contribution >= 0.6 is 0 Å². The molecule has 0 aromatic heterocycles. The van der Waals surface area contributed by atoms with Crippen molar-refractivity contribution in [3.05, 3.63) is 29.3 Å². The van der Waals surface area contributed by atoms with Crippen molar-refractivity contribution in [2.24, 2.45) is 11.3 Å². The Morgan fingerprint density at radius 2 is 2.10 bits per heavy atom. The third-order valence-electron chi connectivity index (χ3n) is 5.20. The van der Waals surface area contributed by atoms with Crippen molar-refractivity contribution in [1.29, 1.82) is 0 Å². The molecule has 2 amide bonds. The summed E-state index contributed by atoms with van der Waals surface area (Å²) in [5, 5.41) is 5.96. The molecule has 0 radical (unpaired) electrons. The first-order valence-corrected chi connectivity index (χ1v) is 7.87. The van der Waals surface area contributed by atoms with Gasteiger partial charge in [0.05, 0.1) is 0 Å². The normalized spacial score (nSPS) is 22.2. The van der Waals surface area contributed by atoms with Crippen LogP contribution in [0.1, 0.15) is 48.0 Å². The molecule has 1 heterocycles. The molecule has 1 aromatic rings. The van der Waals surface area contributed by atoms with Crippen molar-refractivity contribution in [2.75, 3.05) is 11.9 Å². The Kier molecular flexibility index (Phi) is 2.81. The van der Waals surface area contributed by atoms with Gasteiger partial charge >= 0.3 is 0 Å². The summed E-state index contributed by atoms with van der Waals surface area (Å²) in [4.78, 5) is 23.7. The SMILES string of the molecule is O=C1CCc2cc(C(=O)NCC3(C4CC4)CC3)ccc2N1. The Morgan fingerprint density at radius 3 is 2.81 bits per heavy atom. The lowest BCUT2D eigenvalue weighted by atomic mass is 9.99. The predicted octanol–water partition coefficient (Wildman–Crippen LogP) is 2.49. The van der Waals surface area contributed by atoms with Crippen molar-refractivity contribution >= 4 is 17.5 Å². The standard InChI is InChI=1S/C17H20N2O2/c20-15-6-2-11-9-12(1-5-14(11)19-15)16(21)18-10-17(7-8-17)13-3-4-13/h1,5,9,13H,2-4,6-8,10H2,(H,18,21)(H,19,20). The molecule has 1 aromatic carbocycles. The molecule has 4 nitrogen and oxygen atoms in total. The van der Waals surface area contributed by atoms with E-state index in [1.165, 1.54) is 25.7 Å². The highest BCUT2D eigenvalue weighted by atomic mass is 16.2. The molecule has 4 heteroatoms. The van der Waals surface area contributed by atoms with Gasteiger partial charge in [0.2, 0.25) is 5.91 Å². The third-order valence-corrected chi connectivity index (χ3v) is 5.20. The summed E-state index contributed by atoms with van der Waals surface area (Å²) >= 11 is 0. The molecule has 3 aliphatic rings. The molecule has 0 atom stereocenters. The van der Waals surface area contributed by atoms with Crippen molar-refractivity contribution in [2.45, 2.75) is 38.5 Å². The summed E-state index contributed by atoms with van der Waals surface area (Å²) in [6.07, 6.45) is 6.45. The Labute approximate surface area is 124 Å². The number of rotatable bonds is 4. The van der Waals surface area contributed by atoms with Gasteiger partial charge in [0.25, 0.3) is 5.91 Å². The number of benzene rings is 1. The highest BCUT2D eigenvalue weighted by Gasteiger charge is 2.53. The minimum Gasteiger partial charge on any atom is -0.351 e. The van der Waals surface area contributed by atoms with Crippen LogP contribution < -0.4 is 10.6 Å². The second-order valence-electron chi connectivity index (χ2n) is 6.74. The van der Waals surface area contributed by atoms with Crippen LogP contribution in [0.4, 0.5) is 5.69 Å². The van der Waals surface area contributed by atoms with Crippen LogP contribution in [-0.2, 0) is 11.2 Å². The largest absolute Gasteiger partial charge is 0.351 e. The first kappa shape index (κ1) is 12.9. The molecule has 2 fully saturated rings. The quantitative estimate of drug-likeness (QED) is 0.892. The zero-order chi connectivity index (χ0) is 14.4. The lowest BCUT2D eigenvalue weighted by Gasteiger charge is -2.18. The molecule has 2 N–H and O–H groups in total. The van der Waals surface area contributed by atoms with Gasteiger partial charge < -0.3 is 10.6 Å². The predicted molar refractivity (Wildman–Crippen MR) is 80.1 cm³/mol. The monoisotopic (exact) mass is 284 g/mol. The second kappa shape index (κ2) is 4.58. The van der Waals surface area contributed by atoms with Crippen LogP contribution in [0, 0.1) is 11.3 Å². The molecule has 2 aliphatic carbocycles. The summed E-state index contributed by atoms with van der Waals surface area (Å²) in [5.41, 5.74) is 3.04. The number of amides is 2. The number of hydrogen-bond acceptors (Lipinski definition) is 2. The van der Waals surface area contributed by atoms with Crippen molar-refractivity contribution in [3.63, 3.8) is 0 Å². The minimum absolute atomic E-state index is 0.0154. The fourth-order valence-electron chi connectivity index (χ4n) is 3.47. The maximum Gasteiger partial charge on any atom is 0.251 e. The number of anilines is 1. The molecule has 0 saturated heterocycles. The summed E-state index contributed by atoms with van der Waals surface area (Å²) in [6.45, 7) is 0.824. The van der Waals surface area contributed by atoms with E-state index < -0.39 is 0 Å². The molecule has 0 unspecified atom stereocenters. The summed E-state index contributed by atoms with van der Waals surface area (Å²) in [7, 11) is 0. The molecule has 4 rings (SSSR count). The topological polar surface area (TPSA) is 58.2 Å². The lowest BCUT2D eigenvalue weighted by molar-refractivity contribution is -0.116. The molecule has 0 bridgehead atoms. The average Bonchev–Trinajstić information content (AvgIpc) is 3.37. The average molecular weight is 284 g/mol. The van der Waals surface area contributed by atoms with E-state index in [2.05, 4.69) is 10.6 Å². The smallest absolute Gasteiger partial charge is 0.251 e. The van der Waals surface area contributed by atoms with Gasteiger partial charge in [-0.15, -0.1) is 0 Å². The van der Waals surface area contributed by atoms with E-state index in [0.29, 0.717) is 23.8 Å². The van der Waals surface area contributed by atoms with E-state index in [4.69, 9.17) is 0 Å². The molecule has 110 valence electrons. The summed E-state index contributed by atoms with van der Waals surface area (Å²) in [5.74, 6) is 0.929. The van der Waals surface area contributed by atoms with Crippen LogP contribution in [0.2, 0.25) is 0 Å². The zero-order valence-electron chi connectivity index (χ0n) is 12.1. The highest BCUT2D eigenvalue weighted by Crippen LogP contribution is 2.60. The Hall–Kier alpha value is -1.84. The van der Waals surface area contributed by atoms with Gasteiger partial charge in [-0.25, -0.2) is 0 Å².